The molecule has 0 amide bonds. The zero-order valence-electron chi connectivity index (χ0n) is 9.90. The van der Waals surface area contributed by atoms with E-state index in [1.54, 1.807) is 0 Å². The number of nitrogens with zero attached hydrogens (tertiary/aromatic N) is 2. The molecule has 0 aliphatic carbocycles. The van der Waals surface area contributed by atoms with Gasteiger partial charge in [0.05, 0.1) is 10.2 Å². The van der Waals surface area contributed by atoms with E-state index in [1.165, 1.54) is 16.7 Å². The number of carbonyl (C=O) groups is 2. The third kappa shape index (κ3) is 2.58. The van der Waals surface area contributed by atoms with E-state index in [0.717, 1.165) is 33.3 Å². The van der Waals surface area contributed by atoms with E-state index in [0.29, 0.717) is 4.34 Å². The predicted molar refractivity (Wildman–Crippen MR) is 81.3 cm³/mol. The van der Waals surface area contributed by atoms with E-state index in [9.17, 15) is 9.59 Å². The number of nitrogens with two attached hydrogens (primary N) is 1. The fourth-order valence-electron chi connectivity index (χ4n) is 1.52. The van der Waals surface area contributed by atoms with Crippen LogP contribution in [0.2, 0.25) is 0 Å². The number of thioether (sulfide) groups is 1. The number of Topliss-reactive ketones (excluding diaryl/α,β-unsaturated/α-hetero) is 1. The molecule has 20 heavy (non-hydrogen) atoms. The van der Waals surface area contributed by atoms with E-state index >= 15 is 0 Å². The number of anilines is 1. The Balaban J connectivity index is 1.80. The van der Waals surface area contributed by atoms with Gasteiger partial charge in [0.1, 0.15) is 5.69 Å². The molecule has 0 aliphatic rings. The lowest BCUT2D eigenvalue weighted by atomic mass is 10.3. The molecule has 2 heterocycles. The molecule has 0 atom stereocenters. The number of ketones is 1. The highest BCUT2D eigenvalue weighted by Crippen LogP contribution is 2.30. The zero-order valence-corrected chi connectivity index (χ0v) is 12.3. The Bertz CT molecular complexity index is 776. The summed E-state index contributed by atoms with van der Waals surface area (Å²) in [5, 5.41) is 1.15. The van der Waals surface area contributed by atoms with Gasteiger partial charge in [-0.25, -0.2) is 9.97 Å². The van der Waals surface area contributed by atoms with Crippen LogP contribution >= 0.6 is 34.4 Å². The standard InChI is InChI=1S/C12H7N3O2S3/c13-11-14-7(5-18-11)9(16)10(17)20-12-15-6-3-1-2-4-8(6)19-12/h1-5H,(H2,13,14). The van der Waals surface area contributed by atoms with Gasteiger partial charge in [0.2, 0.25) is 0 Å². The first-order valence-electron chi connectivity index (χ1n) is 5.46. The molecule has 0 unspecified atom stereocenters. The van der Waals surface area contributed by atoms with Crippen LogP contribution in [-0.2, 0) is 4.79 Å². The van der Waals surface area contributed by atoms with E-state index in [-0.39, 0.29) is 10.8 Å². The molecule has 8 heteroatoms. The summed E-state index contributed by atoms with van der Waals surface area (Å²) in [6, 6.07) is 7.56. The molecule has 0 saturated carbocycles. The van der Waals surface area contributed by atoms with Crippen LogP contribution in [0, 0.1) is 0 Å². The molecule has 1 aromatic carbocycles. The summed E-state index contributed by atoms with van der Waals surface area (Å²) < 4.78 is 1.53. The second kappa shape index (κ2) is 5.31. The highest BCUT2D eigenvalue weighted by atomic mass is 32.2. The first-order chi connectivity index (χ1) is 9.63. The monoisotopic (exact) mass is 321 g/mol. The van der Waals surface area contributed by atoms with Crippen molar-refractivity contribution in [1.82, 2.24) is 9.97 Å². The van der Waals surface area contributed by atoms with Gasteiger partial charge in [-0.2, -0.15) is 0 Å². The predicted octanol–water partition coefficient (Wildman–Crippen LogP) is 2.84. The maximum Gasteiger partial charge on any atom is 0.268 e. The van der Waals surface area contributed by atoms with Crippen molar-refractivity contribution in [2.24, 2.45) is 0 Å². The summed E-state index contributed by atoms with van der Waals surface area (Å²) in [6.07, 6.45) is 0. The maximum atomic E-state index is 11.9. The molecule has 3 rings (SSSR count). The topological polar surface area (TPSA) is 85.9 Å². The van der Waals surface area contributed by atoms with E-state index in [1.807, 2.05) is 24.3 Å². The molecule has 0 saturated heterocycles. The summed E-state index contributed by atoms with van der Waals surface area (Å²) in [5.41, 5.74) is 6.35. The Morgan fingerprint density at radius 2 is 2.00 bits per heavy atom. The number of nitrogen functional groups attached to an aromatic ring is 1. The van der Waals surface area contributed by atoms with Crippen LogP contribution in [-0.4, -0.2) is 20.9 Å². The van der Waals surface area contributed by atoms with Crippen molar-refractivity contribution in [2.45, 2.75) is 4.34 Å². The molecule has 0 bridgehead atoms. The van der Waals surface area contributed by atoms with Gasteiger partial charge in [-0.3, -0.25) is 9.59 Å². The third-order valence-corrected chi connectivity index (χ3v) is 5.04. The smallest absolute Gasteiger partial charge is 0.268 e. The van der Waals surface area contributed by atoms with Crippen LogP contribution in [0.3, 0.4) is 0 Å². The minimum atomic E-state index is -0.651. The van der Waals surface area contributed by atoms with Crippen molar-refractivity contribution >= 4 is 60.7 Å². The van der Waals surface area contributed by atoms with Crippen LogP contribution in [0.4, 0.5) is 5.13 Å². The lowest BCUT2D eigenvalue weighted by Crippen LogP contribution is -2.10. The summed E-state index contributed by atoms with van der Waals surface area (Å²) >= 11 is 3.34. The largest absolute Gasteiger partial charge is 0.375 e. The normalized spacial score (nSPS) is 10.8. The number of hydrogen-bond acceptors (Lipinski definition) is 8. The molecule has 0 spiro atoms. The van der Waals surface area contributed by atoms with E-state index in [4.69, 9.17) is 5.73 Å². The fourth-order valence-corrected chi connectivity index (χ4v) is 3.92. The summed E-state index contributed by atoms with van der Waals surface area (Å²) in [5.74, 6) is -0.651. The van der Waals surface area contributed by atoms with Crippen LogP contribution < -0.4 is 5.73 Å². The van der Waals surface area contributed by atoms with Gasteiger partial charge in [0.25, 0.3) is 10.9 Å². The molecule has 0 aliphatic heterocycles. The van der Waals surface area contributed by atoms with Crippen LogP contribution in [0.25, 0.3) is 10.2 Å². The minimum Gasteiger partial charge on any atom is -0.375 e. The van der Waals surface area contributed by atoms with Crippen molar-refractivity contribution in [3.63, 3.8) is 0 Å². The van der Waals surface area contributed by atoms with Gasteiger partial charge >= 0.3 is 0 Å². The van der Waals surface area contributed by atoms with E-state index < -0.39 is 10.9 Å². The Labute approximate surface area is 125 Å². The number of rotatable bonds is 3. The maximum absolute atomic E-state index is 11.9. The molecule has 100 valence electrons. The molecule has 3 aromatic rings. The molecule has 0 fully saturated rings. The SMILES string of the molecule is Nc1nc(C(=O)C(=O)Sc2nc3ccccc3s2)cs1. The molecule has 5 nitrogen and oxygen atoms in total. The van der Waals surface area contributed by atoms with Gasteiger partial charge in [-0.05, 0) is 23.9 Å². The number of para-hydroxylation sites is 1. The molecule has 0 radical (unpaired) electrons. The average molecular weight is 321 g/mol. The van der Waals surface area contributed by atoms with Gasteiger partial charge < -0.3 is 5.73 Å². The van der Waals surface area contributed by atoms with Gasteiger partial charge in [0, 0.05) is 5.38 Å². The Kier molecular flexibility index (Phi) is 3.51. The average Bonchev–Trinajstić information content (AvgIpc) is 3.03. The Morgan fingerprint density at radius 3 is 2.70 bits per heavy atom. The van der Waals surface area contributed by atoms with Crippen molar-refractivity contribution in [3.8, 4) is 0 Å². The van der Waals surface area contributed by atoms with E-state index in [2.05, 4.69) is 9.97 Å². The van der Waals surface area contributed by atoms with Crippen molar-refractivity contribution < 1.29 is 9.59 Å². The van der Waals surface area contributed by atoms with Gasteiger partial charge in [0.15, 0.2) is 9.47 Å². The minimum absolute atomic E-state index is 0.0890. The Morgan fingerprint density at radius 1 is 1.20 bits per heavy atom. The first kappa shape index (κ1) is 13.2. The molecular weight excluding hydrogens is 314 g/mol. The molecule has 2 N–H and O–H groups in total. The van der Waals surface area contributed by atoms with Crippen molar-refractivity contribution in [3.05, 3.63) is 35.3 Å². The molecule has 2 aromatic heterocycles. The van der Waals surface area contributed by atoms with Crippen LogP contribution in [0.1, 0.15) is 10.5 Å². The van der Waals surface area contributed by atoms with Crippen LogP contribution in [0.15, 0.2) is 34.0 Å². The molecular formula is C12H7N3O2S3. The third-order valence-electron chi connectivity index (χ3n) is 2.39. The summed E-state index contributed by atoms with van der Waals surface area (Å²) in [6.45, 7) is 0. The number of hydrogen-bond donors (Lipinski definition) is 1. The first-order valence-corrected chi connectivity index (χ1v) is 7.98. The second-order valence-electron chi connectivity index (χ2n) is 3.74. The fraction of sp³-hybridized carbons (Fsp3) is 0. The lowest BCUT2D eigenvalue weighted by molar-refractivity contribution is -0.107. The quantitative estimate of drug-likeness (QED) is 0.453. The van der Waals surface area contributed by atoms with Gasteiger partial charge in [-0.15, -0.1) is 22.7 Å². The lowest BCUT2D eigenvalue weighted by Gasteiger charge is -1.93. The summed E-state index contributed by atoms with van der Waals surface area (Å²) in [7, 11) is 0. The zero-order chi connectivity index (χ0) is 14.1. The highest BCUT2D eigenvalue weighted by molar-refractivity contribution is 8.16. The number of fused-ring (bicyclic) bond motifs is 1. The number of thiazole rings is 2. The van der Waals surface area contributed by atoms with Crippen LogP contribution in [0.5, 0.6) is 0 Å². The summed E-state index contributed by atoms with van der Waals surface area (Å²) in [4.78, 5) is 31.9. The number of benzene rings is 1. The number of aromatic nitrogens is 2. The van der Waals surface area contributed by atoms with Crippen molar-refractivity contribution in [1.29, 1.82) is 0 Å². The highest BCUT2D eigenvalue weighted by Gasteiger charge is 2.21. The van der Waals surface area contributed by atoms with Crippen molar-refractivity contribution in [2.75, 3.05) is 5.73 Å². The van der Waals surface area contributed by atoms with Gasteiger partial charge in [-0.1, -0.05) is 12.1 Å². The Hall–Kier alpha value is -1.77. The second-order valence-corrected chi connectivity index (χ2v) is 6.88. The number of carbonyl (C=O) groups excluding carboxylic acids is 2.